The molecule has 0 aliphatic heterocycles. The van der Waals surface area contributed by atoms with Crippen molar-refractivity contribution in [2.24, 2.45) is 0 Å². The van der Waals surface area contributed by atoms with Crippen LogP contribution in [0.1, 0.15) is 37.1 Å². The molecule has 1 aromatic heterocycles. The molecule has 2 aromatic rings. The van der Waals surface area contributed by atoms with Gasteiger partial charge in [-0.15, -0.1) is 0 Å². The van der Waals surface area contributed by atoms with Crippen molar-refractivity contribution in [2.45, 2.75) is 25.9 Å². The predicted octanol–water partition coefficient (Wildman–Crippen LogP) is 4.91. The molecular formula is C15H16BrClN2. The van der Waals surface area contributed by atoms with Gasteiger partial charge < -0.3 is 5.32 Å². The van der Waals surface area contributed by atoms with E-state index in [0.29, 0.717) is 0 Å². The number of nitrogens with one attached hydrogen (secondary N) is 1. The molecule has 100 valence electrons. The van der Waals surface area contributed by atoms with Gasteiger partial charge in [0.15, 0.2) is 0 Å². The van der Waals surface area contributed by atoms with Gasteiger partial charge in [-0.3, -0.25) is 4.98 Å². The molecule has 0 saturated carbocycles. The summed E-state index contributed by atoms with van der Waals surface area (Å²) in [4.78, 5) is 4.14. The van der Waals surface area contributed by atoms with Gasteiger partial charge in [0.2, 0.25) is 0 Å². The van der Waals surface area contributed by atoms with Gasteiger partial charge in [0.05, 0.1) is 0 Å². The third-order valence-electron chi connectivity index (χ3n) is 3.11. The maximum Gasteiger partial charge on any atom is 0.0464 e. The van der Waals surface area contributed by atoms with Crippen molar-refractivity contribution in [3.8, 4) is 0 Å². The fourth-order valence-electron chi connectivity index (χ4n) is 2.05. The summed E-state index contributed by atoms with van der Waals surface area (Å²) >= 11 is 9.69. The van der Waals surface area contributed by atoms with Crippen LogP contribution in [0.3, 0.4) is 0 Å². The first-order valence-corrected chi connectivity index (χ1v) is 7.36. The highest BCUT2D eigenvalue weighted by Gasteiger charge is 2.13. The molecule has 1 aromatic carbocycles. The smallest absolute Gasteiger partial charge is 0.0464 e. The molecule has 19 heavy (non-hydrogen) atoms. The summed E-state index contributed by atoms with van der Waals surface area (Å²) in [5.41, 5.74) is 2.27. The summed E-state index contributed by atoms with van der Waals surface area (Å²) in [5.74, 6) is 0. The minimum atomic E-state index is 0.177. The van der Waals surface area contributed by atoms with Gasteiger partial charge in [-0.05, 0) is 43.2 Å². The van der Waals surface area contributed by atoms with Crippen LogP contribution in [0.2, 0.25) is 5.02 Å². The first-order chi connectivity index (χ1) is 9.08. The van der Waals surface area contributed by atoms with E-state index in [0.717, 1.165) is 15.1 Å². The molecule has 0 aliphatic carbocycles. The van der Waals surface area contributed by atoms with Gasteiger partial charge >= 0.3 is 0 Å². The standard InChI is InChI=1S/C15H16BrClN2/c1-10(12-4-3-7-18-9-12)19-11(2)14-6-5-13(16)8-15(14)17/h3-11,19H,1-2H3. The monoisotopic (exact) mass is 338 g/mol. The molecule has 2 unspecified atom stereocenters. The van der Waals surface area contributed by atoms with Crippen LogP contribution in [0.4, 0.5) is 0 Å². The molecule has 0 amide bonds. The molecule has 0 aliphatic rings. The Bertz CT molecular complexity index is 545. The zero-order chi connectivity index (χ0) is 13.8. The topological polar surface area (TPSA) is 24.9 Å². The average molecular weight is 340 g/mol. The first kappa shape index (κ1) is 14.5. The summed E-state index contributed by atoms with van der Waals surface area (Å²) in [7, 11) is 0. The minimum Gasteiger partial charge on any atom is -0.304 e. The highest BCUT2D eigenvalue weighted by molar-refractivity contribution is 9.10. The van der Waals surface area contributed by atoms with Gasteiger partial charge in [0.25, 0.3) is 0 Å². The Morgan fingerprint density at radius 3 is 2.63 bits per heavy atom. The van der Waals surface area contributed by atoms with E-state index in [9.17, 15) is 0 Å². The second-order valence-electron chi connectivity index (χ2n) is 4.56. The number of pyridine rings is 1. The van der Waals surface area contributed by atoms with E-state index >= 15 is 0 Å². The molecular weight excluding hydrogens is 324 g/mol. The van der Waals surface area contributed by atoms with Crippen LogP contribution in [0.25, 0.3) is 0 Å². The van der Waals surface area contributed by atoms with Crippen molar-refractivity contribution in [2.75, 3.05) is 0 Å². The summed E-state index contributed by atoms with van der Waals surface area (Å²) in [6, 6.07) is 10.4. The summed E-state index contributed by atoms with van der Waals surface area (Å²) < 4.78 is 0.994. The summed E-state index contributed by atoms with van der Waals surface area (Å²) in [6.07, 6.45) is 3.67. The SMILES string of the molecule is CC(NC(C)c1ccc(Br)cc1Cl)c1cccnc1. The van der Waals surface area contributed by atoms with Crippen LogP contribution >= 0.6 is 27.5 Å². The molecule has 0 saturated heterocycles. The van der Waals surface area contributed by atoms with Crippen molar-refractivity contribution in [1.82, 2.24) is 10.3 Å². The van der Waals surface area contributed by atoms with E-state index in [1.165, 1.54) is 5.56 Å². The molecule has 0 radical (unpaired) electrons. The van der Waals surface area contributed by atoms with Crippen LogP contribution in [-0.4, -0.2) is 4.98 Å². The number of benzene rings is 1. The second kappa shape index (κ2) is 6.51. The molecule has 2 nitrogen and oxygen atoms in total. The van der Waals surface area contributed by atoms with E-state index in [2.05, 4.69) is 46.1 Å². The number of nitrogens with zero attached hydrogens (tertiary/aromatic N) is 1. The highest BCUT2D eigenvalue weighted by Crippen LogP contribution is 2.27. The van der Waals surface area contributed by atoms with Crippen molar-refractivity contribution in [3.05, 3.63) is 63.3 Å². The zero-order valence-electron chi connectivity index (χ0n) is 10.9. The Hall–Kier alpha value is -0.900. The lowest BCUT2D eigenvalue weighted by Gasteiger charge is -2.21. The molecule has 2 rings (SSSR count). The van der Waals surface area contributed by atoms with Crippen molar-refractivity contribution in [1.29, 1.82) is 0 Å². The molecule has 2 atom stereocenters. The largest absolute Gasteiger partial charge is 0.304 e. The zero-order valence-corrected chi connectivity index (χ0v) is 13.2. The lowest BCUT2D eigenvalue weighted by molar-refractivity contribution is 0.494. The molecule has 1 heterocycles. The third-order valence-corrected chi connectivity index (χ3v) is 3.93. The lowest BCUT2D eigenvalue weighted by atomic mass is 10.1. The third kappa shape index (κ3) is 3.78. The van der Waals surface area contributed by atoms with Crippen LogP contribution < -0.4 is 5.32 Å². The highest BCUT2D eigenvalue weighted by atomic mass is 79.9. The summed E-state index contributed by atoms with van der Waals surface area (Å²) in [6.45, 7) is 4.24. The van der Waals surface area contributed by atoms with Crippen molar-refractivity contribution in [3.63, 3.8) is 0 Å². The van der Waals surface area contributed by atoms with E-state index in [4.69, 9.17) is 11.6 Å². The fraction of sp³-hybridized carbons (Fsp3) is 0.267. The van der Waals surface area contributed by atoms with Crippen LogP contribution in [-0.2, 0) is 0 Å². The second-order valence-corrected chi connectivity index (χ2v) is 5.89. The Morgan fingerprint density at radius 2 is 2.00 bits per heavy atom. The van der Waals surface area contributed by atoms with Crippen molar-refractivity contribution < 1.29 is 0 Å². The van der Waals surface area contributed by atoms with Gasteiger partial charge in [0.1, 0.15) is 0 Å². The Labute approximate surface area is 127 Å². The number of hydrogen-bond acceptors (Lipinski definition) is 2. The fourth-order valence-corrected chi connectivity index (χ4v) is 2.88. The quantitative estimate of drug-likeness (QED) is 0.856. The van der Waals surface area contributed by atoms with Crippen LogP contribution in [0.15, 0.2) is 47.2 Å². The van der Waals surface area contributed by atoms with E-state index in [-0.39, 0.29) is 12.1 Å². The van der Waals surface area contributed by atoms with E-state index in [1.54, 1.807) is 6.20 Å². The van der Waals surface area contributed by atoms with Gasteiger partial charge in [-0.25, -0.2) is 0 Å². The predicted molar refractivity (Wildman–Crippen MR) is 83.4 cm³/mol. The number of halogens is 2. The normalized spacial score (nSPS) is 14.1. The van der Waals surface area contributed by atoms with E-state index < -0.39 is 0 Å². The number of rotatable bonds is 4. The van der Waals surface area contributed by atoms with Crippen LogP contribution in [0.5, 0.6) is 0 Å². The molecule has 0 bridgehead atoms. The Morgan fingerprint density at radius 1 is 1.21 bits per heavy atom. The minimum absolute atomic E-state index is 0.177. The lowest BCUT2D eigenvalue weighted by Crippen LogP contribution is -2.22. The van der Waals surface area contributed by atoms with Gasteiger partial charge in [0, 0.05) is 34.0 Å². The van der Waals surface area contributed by atoms with Crippen molar-refractivity contribution >= 4 is 27.5 Å². The molecule has 1 N–H and O–H groups in total. The van der Waals surface area contributed by atoms with Gasteiger partial charge in [-0.2, -0.15) is 0 Å². The van der Waals surface area contributed by atoms with Crippen LogP contribution in [0, 0.1) is 0 Å². The maximum absolute atomic E-state index is 6.27. The molecule has 4 heteroatoms. The Balaban J connectivity index is 2.10. The average Bonchev–Trinajstić information content (AvgIpc) is 2.39. The summed E-state index contributed by atoms with van der Waals surface area (Å²) in [5, 5.41) is 4.30. The maximum atomic E-state index is 6.27. The number of aromatic nitrogens is 1. The molecule has 0 fully saturated rings. The number of hydrogen-bond donors (Lipinski definition) is 1. The Kier molecular flexibility index (Phi) is 4.97. The van der Waals surface area contributed by atoms with Gasteiger partial charge in [-0.1, -0.05) is 39.7 Å². The molecule has 0 spiro atoms. The van der Waals surface area contributed by atoms with E-state index in [1.807, 2.05) is 30.5 Å². The first-order valence-electron chi connectivity index (χ1n) is 6.19.